The van der Waals surface area contributed by atoms with Gasteiger partial charge in [0, 0.05) is 18.9 Å². The Morgan fingerprint density at radius 1 is 1.33 bits per heavy atom. The molecule has 0 aliphatic rings. The second-order valence-electron chi connectivity index (χ2n) is 7.26. The molecule has 0 bridgehead atoms. The van der Waals surface area contributed by atoms with Crippen LogP contribution < -0.4 is 10.6 Å². The summed E-state index contributed by atoms with van der Waals surface area (Å²) in [5, 5.41) is 12.1. The molecule has 2 heterocycles. The van der Waals surface area contributed by atoms with E-state index < -0.39 is 11.8 Å². The van der Waals surface area contributed by atoms with Crippen molar-refractivity contribution in [3.8, 4) is 11.4 Å². The molecule has 0 aliphatic heterocycles. The molecule has 8 nitrogen and oxygen atoms in total. The largest absolute Gasteiger partial charge is 0.335 e. The van der Waals surface area contributed by atoms with Crippen LogP contribution in [-0.4, -0.2) is 36.8 Å². The quantitative estimate of drug-likeness (QED) is 0.642. The summed E-state index contributed by atoms with van der Waals surface area (Å²) in [6, 6.07) is 5.62. The van der Waals surface area contributed by atoms with Crippen LogP contribution in [0, 0.1) is 11.2 Å². The lowest BCUT2D eigenvalue weighted by Crippen LogP contribution is -2.48. The number of nitrogens with one attached hydrogen (secondary N) is 3. The Hall–Kier alpha value is -3.23. The van der Waals surface area contributed by atoms with Crippen molar-refractivity contribution in [2.75, 3.05) is 5.32 Å². The third kappa shape index (κ3) is 4.69. The zero-order valence-corrected chi connectivity index (χ0v) is 15.4. The summed E-state index contributed by atoms with van der Waals surface area (Å²) in [5.41, 5.74) is 0.102. The summed E-state index contributed by atoms with van der Waals surface area (Å²) < 4.78 is 15.7. The van der Waals surface area contributed by atoms with Gasteiger partial charge in [0.15, 0.2) is 5.82 Å². The Labute approximate surface area is 156 Å². The molecule has 0 aliphatic carbocycles. The van der Waals surface area contributed by atoms with E-state index in [1.807, 2.05) is 31.5 Å². The molecule has 3 rings (SSSR count). The fourth-order valence-corrected chi connectivity index (χ4v) is 2.53. The van der Waals surface area contributed by atoms with E-state index in [-0.39, 0.29) is 28.8 Å². The Balaban J connectivity index is 1.67. The van der Waals surface area contributed by atoms with Crippen LogP contribution in [0.3, 0.4) is 0 Å². The second-order valence-corrected chi connectivity index (χ2v) is 7.26. The van der Waals surface area contributed by atoms with E-state index in [0.29, 0.717) is 6.54 Å². The summed E-state index contributed by atoms with van der Waals surface area (Å²) in [5.74, 6) is -0.104. The van der Waals surface area contributed by atoms with Gasteiger partial charge in [0.2, 0.25) is 5.95 Å². The van der Waals surface area contributed by atoms with Crippen molar-refractivity contribution in [3.05, 3.63) is 48.8 Å². The first-order valence-electron chi connectivity index (χ1n) is 8.53. The molecule has 0 saturated heterocycles. The predicted molar refractivity (Wildman–Crippen MR) is 99.4 cm³/mol. The third-order valence-electron chi connectivity index (χ3n) is 4.14. The van der Waals surface area contributed by atoms with Crippen molar-refractivity contribution < 1.29 is 9.18 Å². The number of hydrogen-bond acceptors (Lipinski definition) is 4. The molecule has 0 fully saturated rings. The van der Waals surface area contributed by atoms with Crippen molar-refractivity contribution in [3.63, 3.8) is 0 Å². The van der Waals surface area contributed by atoms with Gasteiger partial charge in [-0.3, -0.25) is 10.4 Å². The van der Waals surface area contributed by atoms with Crippen LogP contribution in [0.4, 0.5) is 15.1 Å². The maximum absolute atomic E-state index is 13.8. The van der Waals surface area contributed by atoms with E-state index in [4.69, 9.17) is 0 Å². The molecule has 3 aromatic rings. The van der Waals surface area contributed by atoms with Crippen LogP contribution in [0.25, 0.3) is 11.4 Å². The van der Waals surface area contributed by atoms with Crippen LogP contribution in [0.2, 0.25) is 0 Å². The summed E-state index contributed by atoms with van der Waals surface area (Å²) in [4.78, 5) is 20.6. The summed E-state index contributed by atoms with van der Waals surface area (Å²) in [7, 11) is 0. The van der Waals surface area contributed by atoms with Gasteiger partial charge < -0.3 is 9.88 Å². The lowest BCUT2D eigenvalue weighted by atomic mass is 9.86. The zero-order chi connectivity index (χ0) is 19.4. The smallest absolute Gasteiger partial charge is 0.321 e. The van der Waals surface area contributed by atoms with Crippen molar-refractivity contribution in [2.24, 2.45) is 5.41 Å². The lowest BCUT2D eigenvalue weighted by Gasteiger charge is -2.31. The number of carbonyl (C=O) groups excluding carboxylic acids is 1. The molecule has 9 heteroatoms. The monoisotopic (exact) mass is 371 g/mol. The zero-order valence-electron chi connectivity index (χ0n) is 15.4. The minimum absolute atomic E-state index is 0.0704. The Morgan fingerprint density at radius 2 is 2.11 bits per heavy atom. The van der Waals surface area contributed by atoms with Gasteiger partial charge in [0.1, 0.15) is 5.82 Å². The molecule has 1 atom stereocenters. The van der Waals surface area contributed by atoms with Gasteiger partial charge in [-0.05, 0) is 17.5 Å². The van der Waals surface area contributed by atoms with Crippen molar-refractivity contribution in [1.29, 1.82) is 0 Å². The lowest BCUT2D eigenvalue weighted by molar-refractivity contribution is 0.218. The normalized spacial score (nSPS) is 12.6. The average molecular weight is 371 g/mol. The van der Waals surface area contributed by atoms with Gasteiger partial charge in [0.05, 0.1) is 17.9 Å². The van der Waals surface area contributed by atoms with E-state index >= 15 is 0 Å². The first-order chi connectivity index (χ1) is 12.8. The number of carbonyl (C=O) groups is 1. The fourth-order valence-electron chi connectivity index (χ4n) is 2.53. The standard InChI is InChI=1S/C18H22FN7O/c1-18(2,3)14(10-26-9-8-20-11-26)21-17(27)23-16-22-15(24-25-16)12-6-4-5-7-13(12)19/h4-9,11,14H,10H2,1-3H3,(H3,21,22,23,24,25,27). The van der Waals surface area contributed by atoms with Crippen LogP contribution in [0.1, 0.15) is 20.8 Å². The number of H-pyrrole nitrogens is 1. The van der Waals surface area contributed by atoms with Crippen molar-refractivity contribution in [2.45, 2.75) is 33.4 Å². The van der Waals surface area contributed by atoms with Crippen molar-refractivity contribution in [1.82, 2.24) is 30.0 Å². The summed E-state index contributed by atoms with van der Waals surface area (Å²) >= 11 is 0. The Morgan fingerprint density at radius 3 is 2.78 bits per heavy atom. The number of aromatic nitrogens is 5. The fraction of sp³-hybridized carbons (Fsp3) is 0.333. The SMILES string of the molecule is CC(C)(C)C(Cn1ccnc1)NC(=O)Nc1n[nH]c(-c2ccccc2F)n1. The molecule has 0 saturated carbocycles. The van der Waals surface area contributed by atoms with E-state index in [1.54, 1.807) is 30.7 Å². The highest BCUT2D eigenvalue weighted by molar-refractivity contribution is 5.87. The molecular formula is C18H22FN7O. The van der Waals surface area contributed by atoms with Gasteiger partial charge in [-0.1, -0.05) is 32.9 Å². The molecule has 2 amide bonds. The number of imidazole rings is 1. The van der Waals surface area contributed by atoms with Crippen molar-refractivity contribution >= 4 is 12.0 Å². The number of anilines is 1. The number of rotatable bonds is 5. The van der Waals surface area contributed by atoms with Gasteiger partial charge in [0.25, 0.3) is 0 Å². The van der Waals surface area contributed by atoms with Gasteiger partial charge in [-0.25, -0.2) is 14.2 Å². The topological polar surface area (TPSA) is 101 Å². The van der Waals surface area contributed by atoms with Crippen LogP contribution in [0.15, 0.2) is 43.0 Å². The van der Waals surface area contributed by atoms with E-state index in [0.717, 1.165) is 0 Å². The molecule has 1 aromatic carbocycles. The van der Waals surface area contributed by atoms with Gasteiger partial charge >= 0.3 is 6.03 Å². The number of benzene rings is 1. The molecular weight excluding hydrogens is 349 g/mol. The number of hydrogen-bond donors (Lipinski definition) is 3. The number of amides is 2. The summed E-state index contributed by atoms with van der Waals surface area (Å²) in [6.07, 6.45) is 5.24. The molecule has 0 radical (unpaired) electrons. The average Bonchev–Trinajstić information content (AvgIpc) is 3.26. The van der Waals surface area contributed by atoms with Gasteiger partial charge in [-0.2, -0.15) is 4.98 Å². The maximum Gasteiger partial charge on any atom is 0.321 e. The highest BCUT2D eigenvalue weighted by Gasteiger charge is 2.27. The van der Waals surface area contributed by atoms with Crippen LogP contribution in [0.5, 0.6) is 0 Å². The molecule has 142 valence electrons. The molecule has 0 spiro atoms. The number of halogens is 1. The van der Waals surface area contributed by atoms with Crippen LogP contribution >= 0.6 is 0 Å². The predicted octanol–water partition coefficient (Wildman–Crippen LogP) is 3.04. The van der Waals surface area contributed by atoms with Gasteiger partial charge in [-0.15, -0.1) is 5.10 Å². The molecule has 3 N–H and O–H groups in total. The molecule has 27 heavy (non-hydrogen) atoms. The Kier molecular flexibility index (Phi) is 5.20. The van der Waals surface area contributed by atoms with Crippen LogP contribution in [-0.2, 0) is 6.54 Å². The van der Waals surface area contributed by atoms with E-state index in [9.17, 15) is 9.18 Å². The number of urea groups is 1. The Bertz CT molecular complexity index is 899. The number of aromatic amines is 1. The first kappa shape index (κ1) is 18.6. The van der Waals surface area contributed by atoms with E-state index in [1.165, 1.54) is 6.07 Å². The molecule has 1 unspecified atom stereocenters. The minimum Gasteiger partial charge on any atom is -0.335 e. The first-order valence-corrected chi connectivity index (χ1v) is 8.53. The second kappa shape index (κ2) is 7.56. The molecule has 2 aromatic heterocycles. The maximum atomic E-state index is 13.8. The number of nitrogens with zero attached hydrogens (tertiary/aromatic N) is 4. The van der Waals surface area contributed by atoms with E-state index in [2.05, 4.69) is 30.8 Å². The highest BCUT2D eigenvalue weighted by Crippen LogP contribution is 2.21. The third-order valence-corrected chi connectivity index (χ3v) is 4.14. The minimum atomic E-state index is -0.436. The highest BCUT2D eigenvalue weighted by atomic mass is 19.1. The summed E-state index contributed by atoms with van der Waals surface area (Å²) in [6.45, 7) is 6.69.